The van der Waals surface area contributed by atoms with Crippen molar-refractivity contribution in [2.45, 2.75) is 26.8 Å². The van der Waals surface area contributed by atoms with Crippen LogP contribution in [0.25, 0.3) is 0 Å². The quantitative estimate of drug-likeness (QED) is 0.751. The number of ether oxygens (including phenoxy) is 1. The molecule has 2 rings (SSSR count). The summed E-state index contributed by atoms with van der Waals surface area (Å²) < 4.78 is 19.4. The van der Waals surface area contributed by atoms with Crippen molar-refractivity contribution in [3.05, 3.63) is 58.4 Å². The topological polar surface area (TPSA) is 21.3 Å². The van der Waals surface area contributed by atoms with Crippen LogP contribution in [0.3, 0.4) is 0 Å². The second-order valence-electron chi connectivity index (χ2n) is 4.92. The minimum Gasteiger partial charge on any atom is -0.455 e. The summed E-state index contributed by atoms with van der Waals surface area (Å²) in [6.07, 6.45) is 1.06. The van der Waals surface area contributed by atoms with Crippen LogP contribution in [0.4, 0.5) is 4.39 Å². The van der Waals surface area contributed by atoms with Gasteiger partial charge in [0, 0.05) is 18.2 Å². The molecule has 0 fully saturated rings. The molecule has 0 atom stereocenters. The minimum absolute atomic E-state index is 0.287. The predicted molar refractivity (Wildman–Crippen MR) is 84.7 cm³/mol. The van der Waals surface area contributed by atoms with Crippen LogP contribution in [0.2, 0.25) is 5.02 Å². The second-order valence-corrected chi connectivity index (χ2v) is 5.33. The van der Waals surface area contributed by atoms with Crippen LogP contribution in [0.1, 0.15) is 24.5 Å². The van der Waals surface area contributed by atoms with E-state index in [0.717, 1.165) is 18.5 Å². The number of hydrogen-bond acceptors (Lipinski definition) is 2. The van der Waals surface area contributed by atoms with Gasteiger partial charge in [0.05, 0.1) is 5.02 Å². The third-order valence-electron chi connectivity index (χ3n) is 3.15. The first-order valence-corrected chi connectivity index (χ1v) is 7.41. The van der Waals surface area contributed by atoms with Crippen molar-refractivity contribution in [2.75, 3.05) is 6.54 Å². The van der Waals surface area contributed by atoms with Crippen LogP contribution in [0, 0.1) is 12.7 Å². The summed E-state index contributed by atoms with van der Waals surface area (Å²) in [5.74, 6) is 0.735. The molecule has 0 aliphatic carbocycles. The first-order chi connectivity index (χ1) is 10.1. The van der Waals surface area contributed by atoms with Crippen molar-refractivity contribution in [2.24, 2.45) is 0 Å². The molecule has 4 heteroatoms. The Hall–Kier alpha value is -1.58. The fourth-order valence-corrected chi connectivity index (χ4v) is 2.19. The molecule has 0 saturated heterocycles. The van der Waals surface area contributed by atoms with Crippen molar-refractivity contribution in [3.8, 4) is 11.5 Å². The summed E-state index contributed by atoms with van der Waals surface area (Å²) in [5, 5.41) is 3.83. The number of para-hydroxylation sites is 1. The van der Waals surface area contributed by atoms with E-state index in [9.17, 15) is 4.39 Å². The molecule has 0 unspecified atom stereocenters. The van der Waals surface area contributed by atoms with Gasteiger partial charge < -0.3 is 10.1 Å². The molecule has 0 aliphatic rings. The summed E-state index contributed by atoms with van der Waals surface area (Å²) in [7, 11) is 0. The van der Waals surface area contributed by atoms with E-state index in [0.29, 0.717) is 28.6 Å². The van der Waals surface area contributed by atoms with Crippen LogP contribution in [0.15, 0.2) is 36.4 Å². The van der Waals surface area contributed by atoms with Crippen LogP contribution >= 0.6 is 11.6 Å². The maximum absolute atomic E-state index is 13.6. The van der Waals surface area contributed by atoms with Gasteiger partial charge >= 0.3 is 0 Å². The number of hydrogen-bond donors (Lipinski definition) is 1. The van der Waals surface area contributed by atoms with Crippen molar-refractivity contribution < 1.29 is 9.13 Å². The van der Waals surface area contributed by atoms with Gasteiger partial charge in [-0.3, -0.25) is 0 Å². The molecule has 0 heterocycles. The summed E-state index contributed by atoms with van der Waals surface area (Å²) in [6, 6.07) is 10.4. The lowest BCUT2D eigenvalue weighted by molar-refractivity contribution is 0.467. The van der Waals surface area contributed by atoms with E-state index in [1.54, 1.807) is 25.1 Å². The zero-order chi connectivity index (χ0) is 15.2. The SMILES string of the molecule is CCCNCc1cccc(Cl)c1Oc1ccc(C)c(F)c1. The van der Waals surface area contributed by atoms with Crippen LogP contribution < -0.4 is 10.1 Å². The van der Waals surface area contributed by atoms with Gasteiger partial charge in [-0.25, -0.2) is 4.39 Å². The lowest BCUT2D eigenvalue weighted by Crippen LogP contribution is -2.14. The average Bonchev–Trinajstić information content (AvgIpc) is 2.46. The summed E-state index contributed by atoms with van der Waals surface area (Å²) >= 11 is 6.22. The van der Waals surface area contributed by atoms with E-state index in [-0.39, 0.29) is 5.82 Å². The highest BCUT2D eigenvalue weighted by molar-refractivity contribution is 6.32. The Labute approximate surface area is 129 Å². The second kappa shape index (κ2) is 7.43. The molecule has 0 bridgehead atoms. The summed E-state index contributed by atoms with van der Waals surface area (Å²) in [5.41, 5.74) is 1.54. The van der Waals surface area contributed by atoms with E-state index in [4.69, 9.17) is 16.3 Å². The van der Waals surface area contributed by atoms with E-state index in [2.05, 4.69) is 12.2 Å². The fourth-order valence-electron chi connectivity index (χ4n) is 1.96. The van der Waals surface area contributed by atoms with E-state index in [1.807, 2.05) is 12.1 Å². The van der Waals surface area contributed by atoms with Gasteiger partial charge in [-0.2, -0.15) is 0 Å². The average molecular weight is 308 g/mol. The van der Waals surface area contributed by atoms with Gasteiger partial charge in [-0.1, -0.05) is 36.7 Å². The van der Waals surface area contributed by atoms with Gasteiger partial charge in [-0.05, 0) is 37.6 Å². The van der Waals surface area contributed by atoms with Gasteiger partial charge in [0.25, 0.3) is 0 Å². The zero-order valence-electron chi connectivity index (χ0n) is 12.2. The molecule has 0 spiro atoms. The maximum Gasteiger partial charge on any atom is 0.150 e. The molecular weight excluding hydrogens is 289 g/mol. The fraction of sp³-hybridized carbons (Fsp3) is 0.294. The Morgan fingerprint density at radius 3 is 2.76 bits per heavy atom. The molecule has 0 amide bonds. The zero-order valence-corrected chi connectivity index (χ0v) is 13.0. The standard InChI is InChI=1S/C17H19ClFNO/c1-3-9-20-11-13-5-4-6-15(18)17(13)21-14-8-7-12(2)16(19)10-14/h4-8,10,20H,3,9,11H2,1-2H3. The largest absolute Gasteiger partial charge is 0.455 e. The molecule has 0 aliphatic heterocycles. The minimum atomic E-state index is -0.287. The molecule has 2 aromatic carbocycles. The van der Waals surface area contributed by atoms with Crippen molar-refractivity contribution in [1.82, 2.24) is 5.32 Å². The van der Waals surface area contributed by atoms with E-state index >= 15 is 0 Å². The monoisotopic (exact) mass is 307 g/mol. The molecule has 1 N–H and O–H groups in total. The lowest BCUT2D eigenvalue weighted by atomic mass is 10.2. The van der Waals surface area contributed by atoms with E-state index < -0.39 is 0 Å². The Morgan fingerprint density at radius 1 is 1.24 bits per heavy atom. The Kier molecular flexibility index (Phi) is 5.59. The lowest BCUT2D eigenvalue weighted by Gasteiger charge is -2.14. The van der Waals surface area contributed by atoms with Crippen LogP contribution in [-0.2, 0) is 6.54 Å². The highest BCUT2D eigenvalue weighted by Crippen LogP contribution is 2.33. The first kappa shape index (κ1) is 15.8. The van der Waals surface area contributed by atoms with E-state index in [1.165, 1.54) is 6.07 Å². The van der Waals surface area contributed by atoms with Crippen molar-refractivity contribution in [3.63, 3.8) is 0 Å². The van der Waals surface area contributed by atoms with Gasteiger partial charge in [0.15, 0.2) is 0 Å². The number of rotatable bonds is 6. The third-order valence-corrected chi connectivity index (χ3v) is 3.45. The Morgan fingerprint density at radius 2 is 2.05 bits per heavy atom. The van der Waals surface area contributed by atoms with Gasteiger partial charge in [0.2, 0.25) is 0 Å². The Balaban J connectivity index is 2.23. The number of halogens is 2. The molecule has 21 heavy (non-hydrogen) atoms. The number of benzene rings is 2. The predicted octanol–water partition coefficient (Wildman–Crippen LogP) is 5.08. The van der Waals surface area contributed by atoms with Crippen LogP contribution in [0.5, 0.6) is 11.5 Å². The maximum atomic E-state index is 13.6. The smallest absolute Gasteiger partial charge is 0.150 e. The molecule has 0 radical (unpaired) electrons. The molecule has 2 aromatic rings. The molecule has 0 saturated carbocycles. The molecule has 112 valence electrons. The highest BCUT2D eigenvalue weighted by atomic mass is 35.5. The van der Waals surface area contributed by atoms with Crippen molar-refractivity contribution in [1.29, 1.82) is 0 Å². The molecule has 0 aromatic heterocycles. The molecular formula is C17H19ClFNO. The Bertz CT molecular complexity index is 616. The van der Waals surface area contributed by atoms with Crippen LogP contribution in [-0.4, -0.2) is 6.54 Å². The van der Waals surface area contributed by atoms with Gasteiger partial charge in [-0.15, -0.1) is 0 Å². The highest BCUT2D eigenvalue weighted by Gasteiger charge is 2.10. The van der Waals surface area contributed by atoms with Crippen molar-refractivity contribution >= 4 is 11.6 Å². The number of aryl methyl sites for hydroxylation is 1. The molecule has 2 nitrogen and oxygen atoms in total. The van der Waals surface area contributed by atoms with Gasteiger partial charge in [0.1, 0.15) is 17.3 Å². The normalized spacial score (nSPS) is 10.7. The number of nitrogens with one attached hydrogen (secondary N) is 1. The summed E-state index contributed by atoms with van der Waals surface area (Å²) in [4.78, 5) is 0. The third kappa shape index (κ3) is 4.19. The summed E-state index contributed by atoms with van der Waals surface area (Å²) in [6.45, 7) is 5.41. The first-order valence-electron chi connectivity index (χ1n) is 7.04.